The molecule has 1 aromatic heterocycles. The van der Waals surface area contributed by atoms with Crippen LogP contribution in [0.15, 0.2) is 35.3 Å². The zero-order valence-corrected chi connectivity index (χ0v) is 12.9. The number of carbonyl (C=O) groups is 1. The Kier molecular flexibility index (Phi) is 4.34. The van der Waals surface area contributed by atoms with E-state index < -0.39 is 0 Å². The molecule has 0 aliphatic carbocycles. The van der Waals surface area contributed by atoms with E-state index in [9.17, 15) is 9.59 Å². The van der Waals surface area contributed by atoms with Gasteiger partial charge in [0.2, 0.25) is 5.91 Å². The highest BCUT2D eigenvalue weighted by Gasteiger charge is 2.26. The van der Waals surface area contributed by atoms with Crippen LogP contribution in [0.25, 0.3) is 0 Å². The van der Waals surface area contributed by atoms with Crippen molar-refractivity contribution in [2.24, 2.45) is 5.92 Å². The highest BCUT2D eigenvalue weighted by atomic mass is 35.5. The maximum Gasteiger partial charge on any atom is 0.267 e. The van der Waals surface area contributed by atoms with Crippen LogP contribution in [0.1, 0.15) is 17.5 Å². The summed E-state index contributed by atoms with van der Waals surface area (Å²) in [5.74, 6) is 0.485. The molecule has 3 rings (SSSR count). The number of rotatable bonds is 4. The fraction of sp³-hybridized carbons (Fsp3) is 0.375. The first-order valence-electron chi connectivity index (χ1n) is 7.39. The molecule has 1 amide bonds. The summed E-state index contributed by atoms with van der Waals surface area (Å²) in [5.41, 5.74) is 1.52. The van der Waals surface area contributed by atoms with Crippen molar-refractivity contribution in [2.45, 2.75) is 19.3 Å². The highest BCUT2D eigenvalue weighted by molar-refractivity contribution is 6.30. The lowest BCUT2D eigenvalue weighted by Gasteiger charge is -2.16. The molecule has 0 saturated carbocycles. The molecule has 0 radical (unpaired) electrons. The van der Waals surface area contributed by atoms with Gasteiger partial charge >= 0.3 is 0 Å². The van der Waals surface area contributed by atoms with Crippen molar-refractivity contribution in [3.8, 4) is 0 Å². The Morgan fingerprint density at radius 2 is 2.09 bits per heavy atom. The molecule has 2 N–H and O–H groups in total. The van der Waals surface area contributed by atoms with Crippen LogP contribution in [-0.4, -0.2) is 34.1 Å². The molecule has 1 saturated heterocycles. The van der Waals surface area contributed by atoms with Gasteiger partial charge in [0, 0.05) is 29.9 Å². The Morgan fingerprint density at radius 3 is 2.77 bits per heavy atom. The summed E-state index contributed by atoms with van der Waals surface area (Å²) >= 11 is 5.89. The van der Waals surface area contributed by atoms with Gasteiger partial charge in [-0.2, -0.15) is 0 Å². The van der Waals surface area contributed by atoms with Crippen LogP contribution in [0, 0.1) is 5.92 Å². The molecule has 116 valence electrons. The Bertz CT molecular complexity index is 705. The second kappa shape index (κ2) is 6.40. The molecule has 5 nitrogen and oxygen atoms in total. The van der Waals surface area contributed by atoms with Gasteiger partial charge in [0.05, 0.1) is 6.42 Å². The first-order valence-corrected chi connectivity index (χ1v) is 7.77. The van der Waals surface area contributed by atoms with Crippen molar-refractivity contribution in [2.75, 3.05) is 13.1 Å². The van der Waals surface area contributed by atoms with Gasteiger partial charge in [0.15, 0.2) is 0 Å². The van der Waals surface area contributed by atoms with E-state index in [2.05, 4.69) is 10.2 Å². The molecule has 1 atom stereocenters. The number of hydrogen-bond acceptors (Lipinski definition) is 2. The molecule has 0 bridgehead atoms. The number of nitrogens with one attached hydrogen (secondary N) is 2. The monoisotopic (exact) mass is 319 g/mol. The Hall–Kier alpha value is -2.01. The number of carbonyl (C=O) groups excluding carboxylic acids is 1. The Labute approximate surface area is 133 Å². The van der Waals surface area contributed by atoms with E-state index in [4.69, 9.17) is 11.6 Å². The third-order valence-corrected chi connectivity index (χ3v) is 4.39. The largest absolute Gasteiger partial charge is 0.342 e. The molecule has 1 fully saturated rings. The quantitative estimate of drug-likeness (QED) is 0.905. The van der Waals surface area contributed by atoms with E-state index in [0.29, 0.717) is 11.5 Å². The number of H-pyrrole nitrogens is 2. The fourth-order valence-electron chi connectivity index (χ4n) is 2.92. The Morgan fingerprint density at radius 1 is 1.32 bits per heavy atom. The van der Waals surface area contributed by atoms with Crippen LogP contribution in [0.4, 0.5) is 0 Å². The van der Waals surface area contributed by atoms with Gasteiger partial charge < -0.3 is 10.00 Å². The van der Waals surface area contributed by atoms with Gasteiger partial charge in [-0.25, -0.2) is 0 Å². The van der Waals surface area contributed by atoms with Gasteiger partial charge in [-0.15, -0.1) is 0 Å². The summed E-state index contributed by atoms with van der Waals surface area (Å²) < 4.78 is 0. The van der Waals surface area contributed by atoms with Gasteiger partial charge in [-0.05, 0) is 36.5 Å². The second-order valence-electron chi connectivity index (χ2n) is 5.77. The third-order valence-electron chi connectivity index (χ3n) is 4.14. The van der Waals surface area contributed by atoms with Crippen molar-refractivity contribution in [3.05, 3.63) is 57.0 Å². The number of nitrogens with zero attached hydrogens (tertiary/aromatic N) is 1. The molecular formula is C16H18ClN3O2. The lowest BCUT2D eigenvalue weighted by atomic mass is 9.99. The number of halogens is 1. The zero-order chi connectivity index (χ0) is 15.5. The van der Waals surface area contributed by atoms with Crippen LogP contribution < -0.4 is 5.56 Å². The van der Waals surface area contributed by atoms with Gasteiger partial charge in [0.1, 0.15) is 0 Å². The molecule has 6 heteroatoms. The smallest absolute Gasteiger partial charge is 0.267 e. The maximum atomic E-state index is 12.2. The Balaban J connectivity index is 1.55. The number of aromatic nitrogens is 2. The second-order valence-corrected chi connectivity index (χ2v) is 6.21. The maximum absolute atomic E-state index is 12.2. The third kappa shape index (κ3) is 3.42. The molecule has 1 aromatic carbocycles. The molecule has 2 aromatic rings. The minimum absolute atomic E-state index is 0.0173. The number of likely N-dealkylation sites (tertiary alicyclic amines) is 1. The minimum atomic E-state index is -0.217. The van der Waals surface area contributed by atoms with Gasteiger partial charge in [-0.1, -0.05) is 23.7 Å². The van der Waals surface area contributed by atoms with Crippen LogP contribution in [0.3, 0.4) is 0 Å². The van der Waals surface area contributed by atoms with Gasteiger partial charge in [0.25, 0.3) is 5.56 Å². The summed E-state index contributed by atoms with van der Waals surface area (Å²) in [4.78, 5) is 25.5. The zero-order valence-electron chi connectivity index (χ0n) is 12.1. The lowest BCUT2D eigenvalue weighted by molar-refractivity contribution is -0.129. The van der Waals surface area contributed by atoms with E-state index in [1.54, 1.807) is 6.20 Å². The normalized spacial score (nSPS) is 17.9. The molecular weight excluding hydrogens is 302 g/mol. The van der Waals surface area contributed by atoms with E-state index in [1.165, 1.54) is 5.56 Å². The summed E-state index contributed by atoms with van der Waals surface area (Å²) in [7, 11) is 0. The molecule has 1 aliphatic rings. The van der Waals surface area contributed by atoms with Crippen molar-refractivity contribution in [3.63, 3.8) is 0 Å². The minimum Gasteiger partial charge on any atom is -0.342 e. The average molecular weight is 320 g/mol. The average Bonchev–Trinajstić information content (AvgIpc) is 3.12. The van der Waals surface area contributed by atoms with Crippen molar-refractivity contribution in [1.82, 2.24) is 15.1 Å². The summed E-state index contributed by atoms with van der Waals surface area (Å²) in [5, 5.41) is 5.81. The van der Waals surface area contributed by atoms with Crippen LogP contribution in [-0.2, 0) is 17.6 Å². The predicted octanol–water partition coefficient (Wildman–Crippen LogP) is 1.99. The number of benzene rings is 1. The standard InChI is InChI=1S/C16H18ClN3O2/c17-14-3-1-11(2-4-14)7-12-5-6-20(10-12)15(21)8-13-9-18-19-16(13)22/h1-4,9,12H,5-8,10H2,(H2,18,19,22). The molecule has 1 unspecified atom stereocenters. The first kappa shape index (κ1) is 14.9. The fourth-order valence-corrected chi connectivity index (χ4v) is 3.05. The lowest BCUT2D eigenvalue weighted by Crippen LogP contribution is -2.31. The summed E-state index contributed by atoms with van der Waals surface area (Å²) in [6.07, 6.45) is 3.66. The summed E-state index contributed by atoms with van der Waals surface area (Å²) in [6, 6.07) is 7.86. The summed E-state index contributed by atoms with van der Waals surface area (Å²) in [6.45, 7) is 1.52. The van der Waals surface area contributed by atoms with Crippen molar-refractivity contribution in [1.29, 1.82) is 0 Å². The van der Waals surface area contributed by atoms with Crippen LogP contribution in [0.5, 0.6) is 0 Å². The topological polar surface area (TPSA) is 69.0 Å². The highest BCUT2D eigenvalue weighted by Crippen LogP contribution is 2.22. The van der Waals surface area contributed by atoms with Crippen LogP contribution in [0.2, 0.25) is 5.02 Å². The molecule has 0 spiro atoms. The van der Waals surface area contributed by atoms with Crippen molar-refractivity contribution >= 4 is 17.5 Å². The first-order chi connectivity index (χ1) is 10.6. The predicted molar refractivity (Wildman–Crippen MR) is 85.0 cm³/mol. The molecule has 22 heavy (non-hydrogen) atoms. The van der Waals surface area contributed by atoms with E-state index in [-0.39, 0.29) is 17.9 Å². The van der Waals surface area contributed by atoms with Gasteiger partial charge in [-0.3, -0.25) is 14.7 Å². The van der Waals surface area contributed by atoms with E-state index in [1.807, 2.05) is 29.2 Å². The number of aromatic amines is 2. The number of amides is 1. The van der Waals surface area contributed by atoms with E-state index >= 15 is 0 Å². The molecule has 1 aliphatic heterocycles. The van der Waals surface area contributed by atoms with Crippen molar-refractivity contribution < 1.29 is 4.79 Å². The molecule has 2 heterocycles. The number of hydrogen-bond donors (Lipinski definition) is 2. The SMILES string of the molecule is O=C(Cc1c[nH][nH]c1=O)N1CCC(Cc2ccc(Cl)cc2)C1. The van der Waals surface area contributed by atoms with Crippen LogP contribution >= 0.6 is 11.6 Å². The van der Waals surface area contributed by atoms with E-state index in [0.717, 1.165) is 31.0 Å².